The minimum Gasteiger partial charge on any atom is -0.338 e. The van der Waals surface area contributed by atoms with E-state index in [1.54, 1.807) is 0 Å². The zero-order chi connectivity index (χ0) is 13.8. The van der Waals surface area contributed by atoms with Crippen molar-refractivity contribution in [2.45, 2.75) is 20.4 Å². The maximum absolute atomic E-state index is 12.5. The molecule has 1 aromatic carbocycles. The first-order valence-corrected chi connectivity index (χ1v) is 7.23. The van der Waals surface area contributed by atoms with Gasteiger partial charge in [-0.2, -0.15) is 0 Å². The van der Waals surface area contributed by atoms with Crippen LogP contribution in [0.2, 0.25) is 5.02 Å². The van der Waals surface area contributed by atoms with Crippen LogP contribution in [-0.2, 0) is 11.3 Å². The van der Waals surface area contributed by atoms with Crippen LogP contribution in [0.25, 0.3) is 0 Å². The van der Waals surface area contributed by atoms with Gasteiger partial charge in [0.05, 0.1) is 0 Å². The van der Waals surface area contributed by atoms with Crippen LogP contribution in [0.3, 0.4) is 0 Å². The zero-order valence-corrected chi connectivity index (χ0v) is 13.5. The number of halogens is 2. The number of benzene rings is 1. The van der Waals surface area contributed by atoms with Gasteiger partial charge in [0.15, 0.2) is 0 Å². The van der Waals surface area contributed by atoms with E-state index in [2.05, 4.69) is 5.32 Å². The predicted octanol–water partition coefficient (Wildman–Crippen LogP) is 2.97. The molecule has 1 amide bonds. The zero-order valence-electron chi connectivity index (χ0n) is 11.9. The highest BCUT2D eigenvalue weighted by Crippen LogP contribution is 2.20. The van der Waals surface area contributed by atoms with Crippen LogP contribution >= 0.6 is 24.0 Å². The van der Waals surface area contributed by atoms with Gasteiger partial charge in [-0.1, -0.05) is 30.7 Å². The Bertz CT molecular complexity index is 449. The number of carbonyl (C=O) groups excluding carboxylic acids is 1. The van der Waals surface area contributed by atoms with E-state index in [0.717, 1.165) is 30.2 Å². The molecule has 5 heteroatoms. The normalized spacial score (nSPS) is 15.9. The van der Waals surface area contributed by atoms with E-state index in [1.807, 2.05) is 43.0 Å². The van der Waals surface area contributed by atoms with Gasteiger partial charge in [-0.15, -0.1) is 12.4 Å². The first-order chi connectivity index (χ1) is 9.11. The molecule has 2 rings (SSSR count). The van der Waals surface area contributed by atoms with Gasteiger partial charge < -0.3 is 10.2 Å². The summed E-state index contributed by atoms with van der Waals surface area (Å²) in [7, 11) is 0. The third-order valence-corrected chi connectivity index (χ3v) is 4.10. The molecule has 1 aliphatic rings. The van der Waals surface area contributed by atoms with Crippen molar-refractivity contribution in [3.63, 3.8) is 0 Å². The van der Waals surface area contributed by atoms with Crippen LogP contribution in [0.5, 0.6) is 0 Å². The lowest BCUT2D eigenvalue weighted by molar-refractivity contribution is -0.137. The molecule has 1 fully saturated rings. The number of amides is 1. The lowest BCUT2D eigenvalue weighted by Crippen LogP contribution is -2.50. The molecule has 0 spiro atoms. The molecule has 0 aliphatic carbocycles. The van der Waals surface area contributed by atoms with E-state index in [4.69, 9.17) is 11.6 Å². The summed E-state index contributed by atoms with van der Waals surface area (Å²) in [5.41, 5.74) is 1.08. The van der Waals surface area contributed by atoms with E-state index in [0.29, 0.717) is 12.5 Å². The second-order valence-corrected chi connectivity index (χ2v) is 5.63. The summed E-state index contributed by atoms with van der Waals surface area (Å²) in [5, 5.41) is 3.94. The van der Waals surface area contributed by atoms with Gasteiger partial charge in [0.25, 0.3) is 0 Å². The van der Waals surface area contributed by atoms with Crippen molar-refractivity contribution in [3.05, 3.63) is 34.9 Å². The first kappa shape index (κ1) is 17.3. The molecule has 1 heterocycles. The molecule has 112 valence electrons. The Morgan fingerprint density at radius 3 is 2.70 bits per heavy atom. The molecule has 1 N–H and O–H groups in total. The van der Waals surface area contributed by atoms with E-state index in [1.165, 1.54) is 0 Å². The summed E-state index contributed by atoms with van der Waals surface area (Å²) in [6, 6.07) is 7.71. The standard InChI is InChI=1S/C15H21ClN2O.ClH/c1-3-18(10-12-5-4-6-14(16)7-12)15(19)11(2)13-8-17-9-13;/h4-7,11,13,17H,3,8-10H2,1-2H3;1H. The number of hydrogen-bond donors (Lipinski definition) is 1. The van der Waals surface area contributed by atoms with Crippen molar-refractivity contribution >= 4 is 29.9 Å². The largest absolute Gasteiger partial charge is 0.338 e. The Kier molecular flexibility index (Phi) is 6.80. The molecule has 1 aliphatic heterocycles. The maximum Gasteiger partial charge on any atom is 0.226 e. The fourth-order valence-electron chi connectivity index (χ4n) is 2.36. The van der Waals surface area contributed by atoms with Crippen LogP contribution in [-0.4, -0.2) is 30.4 Å². The van der Waals surface area contributed by atoms with Crippen molar-refractivity contribution in [1.29, 1.82) is 0 Å². The minimum atomic E-state index is 0. The van der Waals surface area contributed by atoms with E-state index in [9.17, 15) is 4.79 Å². The SMILES string of the molecule is CCN(Cc1cccc(Cl)c1)C(=O)C(C)C1CNC1.Cl. The van der Waals surface area contributed by atoms with Gasteiger partial charge in [0.2, 0.25) is 5.91 Å². The van der Waals surface area contributed by atoms with Crippen LogP contribution < -0.4 is 5.32 Å². The second-order valence-electron chi connectivity index (χ2n) is 5.19. The predicted molar refractivity (Wildman–Crippen MR) is 85.3 cm³/mol. The molecule has 0 saturated carbocycles. The Morgan fingerprint density at radius 2 is 2.20 bits per heavy atom. The van der Waals surface area contributed by atoms with Gasteiger partial charge in [-0.3, -0.25) is 4.79 Å². The highest BCUT2D eigenvalue weighted by molar-refractivity contribution is 6.30. The Morgan fingerprint density at radius 1 is 1.50 bits per heavy atom. The number of rotatable bonds is 5. The Balaban J connectivity index is 0.00000200. The molecular weight excluding hydrogens is 295 g/mol. The third kappa shape index (κ3) is 4.11. The Hall–Kier alpha value is -0.770. The van der Waals surface area contributed by atoms with Crippen LogP contribution in [0.1, 0.15) is 19.4 Å². The van der Waals surface area contributed by atoms with Gasteiger partial charge in [0, 0.05) is 24.0 Å². The van der Waals surface area contributed by atoms with Crippen molar-refractivity contribution in [1.82, 2.24) is 10.2 Å². The van der Waals surface area contributed by atoms with Gasteiger partial charge >= 0.3 is 0 Å². The van der Waals surface area contributed by atoms with Crippen LogP contribution in [0.15, 0.2) is 24.3 Å². The number of nitrogens with one attached hydrogen (secondary N) is 1. The highest BCUT2D eigenvalue weighted by Gasteiger charge is 2.31. The summed E-state index contributed by atoms with van der Waals surface area (Å²) in [6.45, 7) is 7.35. The van der Waals surface area contributed by atoms with E-state index >= 15 is 0 Å². The van der Waals surface area contributed by atoms with E-state index in [-0.39, 0.29) is 24.2 Å². The lowest BCUT2D eigenvalue weighted by atomic mass is 9.88. The number of hydrogen-bond acceptors (Lipinski definition) is 2. The average molecular weight is 317 g/mol. The monoisotopic (exact) mass is 316 g/mol. The summed E-state index contributed by atoms with van der Waals surface area (Å²) in [6.07, 6.45) is 0. The van der Waals surface area contributed by atoms with Gasteiger partial charge in [-0.05, 0) is 43.6 Å². The van der Waals surface area contributed by atoms with Gasteiger partial charge in [-0.25, -0.2) is 0 Å². The summed E-state index contributed by atoms with van der Waals surface area (Å²) in [5.74, 6) is 0.829. The quantitative estimate of drug-likeness (QED) is 0.905. The van der Waals surface area contributed by atoms with Crippen molar-refractivity contribution in [3.8, 4) is 0 Å². The average Bonchev–Trinajstić information content (AvgIpc) is 2.33. The van der Waals surface area contributed by atoms with Crippen molar-refractivity contribution in [2.75, 3.05) is 19.6 Å². The molecule has 3 nitrogen and oxygen atoms in total. The molecule has 0 bridgehead atoms. The lowest BCUT2D eigenvalue weighted by Gasteiger charge is -2.34. The Labute approximate surface area is 132 Å². The number of carbonyl (C=O) groups is 1. The molecule has 0 aromatic heterocycles. The minimum absolute atomic E-state index is 0. The fraction of sp³-hybridized carbons (Fsp3) is 0.533. The highest BCUT2D eigenvalue weighted by atomic mass is 35.5. The summed E-state index contributed by atoms with van der Waals surface area (Å²) < 4.78 is 0. The molecule has 1 aromatic rings. The topological polar surface area (TPSA) is 32.3 Å². The molecule has 20 heavy (non-hydrogen) atoms. The van der Waals surface area contributed by atoms with Crippen molar-refractivity contribution < 1.29 is 4.79 Å². The molecule has 0 radical (unpaired) electrons. The summed E-state index contributed by atoms with van der Waals surface area (Å²) >= 11 is 5.98. The molecular formula is C15H22Cl2N2O. The van der Waals surface area contributed by atoms with Gasteiger partial charge in [0.1, 0.15) is 0 Å². The van der Waals surface area contributed by atoms with Crippen LogP contribution in [0.4, 0.5) is 0 Å². The number of nitrogens with zero attached hydrogens (tertiary/aromatic N) is 1. The molecule has 1 unspecified atom stereocenters. The third-order valence-electron chi connectivity index (χ3n) is 3.87. The van der Waals surface area contributed by atoms with Crippen LogP contribution in [0, 0.1) is 11.8 Å². The smallest absolute Gasteiger partial charge is 0.226 e. The van der Waals surface area contributed by atoms with E-state index < -0.39 is 0 Å². The second kappa shape index (κ2) is 7.87. The van der Waals surface area contributed by atoms with Crippen molar-refractivity contribution in [2.24, 2.45) is 11.8 Å². The first-order valence-electron chi connectivity index (χ1n) is 6.85. The molecule has 1 saturated heterocycles. The maximum atomic E-state index is 12.5. The molecule has 1 atom stereocenters. The summed E-state index contributed by atoms with van der Waals surface area (Å²) in [4.78, 5) is 14.4. The fourth-order valence-corrected chi connectivity index (χ4v) is 2.57.